The van der Waals surface area contributed by atoms with E-state index >= 15 is 0 Å². The summed E-state index contributed by atoms with van der Waals surface area (Å²) in [6, 6.07) is 12.1. The number of aliphatic hydroxyl groups is 1. The van der Waals surface area contributed by atoms with Gasteiger partial charge in [0.15, 0.2) is 0 Å². The van der Waals surface area contributed by atoms with Gasteiger partial charge < -0.3 is 5.11 Å². The van der Waals surface area contributed by atoms with E-state index in [1.54, 1.807) is 24.3 Å². The van der Waals surface area contributed by atoms with Crippen LogP contribution < -0.4 is 0 Å². The number of alkyl halides is 3. The smallest absolute Gasteiger partial charge is 0.388 e. The molecule has 0 amide bonds. The summed E-state index contributed by atoms with van der Waals surface area (Å²) in [6.07, 6.45) is -6.59. The minimum atomic E-state index is -4.45. The summed E-state index contributed by atoms with van der Waals surface area (Å²) in [4.78, 5) is 0. The number of nitriles is 1. The highest BCUT2D eigenvalue weighted by Crippen LogP contribution is 2.30. The normalized spacial score (nSPS) is 14.9. The number of nitrogens with zero attached hydrogens (tertiary/aromatic N) is 1. The molecular formula is C16H12F3NO. The predicted molar refractivity (Wildman–Crippen MR) is 71.3 cm³/mol. The maximum atomic E-state index is 12.5. The summed E-state index contributed by atoms with van der Waals surface area (Å²) in [5.74, 6) is 0. The van der Waals surface area contributed by atoms with Crippen molar-refractivity contribution < 1.29 is 19.6 Å². The molecule has 0 aliphatic heterocycles. The molecule has 1 atom stereocenters. The Balaban J connectivity index is 2.20. The lowest BCUT2D eigenvalue weighted by Gasteiger charge is -2.13. The Bertz CT molecular complexity index is 685. The van der Waals surface area contributed by atoms with E-state index in [9.17, 15) is 18.3 Å². The molecule has 2 aromatic carbocycles. The molecule has 1 N–H and O–H groups in total. The van der Waals surface area contributed by atoms with Crippen molar-refractivity contribution in [1.82, 2.24) is 0 Å². The number of rotatable bonds is 3. The maximum Gasteiger partial charge on any atom is 0.416 e. The Morgan fingerprint density at radius 3 is 2.14 bits per heavy atom. The van der Waals surface area contributed by atoms with Crippen LogP contribution in [0.3, 0.4) is 0 Å². The third-order valence-electron chi connectivity index (χ3n) is 3.00. The van der Waals surface area contributed by atoms with Crippen molar-refractivity contribution in [3.05, 3.63) is 70.8 Å². The average Bonchev–Trinajstić information content (AvgIpc) is 2.47. The zero-order valence-electron chi connectivity index (χ0n) is 11.9. The van der Waals surface area contributed by atoms with Crippen LogP contribution in [0.1, 0.15) is 29.7 Å². The summed E-state index contributed by atoms with van der Waals surface area (Å²) < 4.78 is 45.4. The van der Waals surface area contributed by atoms with E-state index in [2.05, 4.69) is 0 Å². The first-order valence-electron chi connectivity index (χ1n) is 6.61. The Hall–Kier alpha value is -2.32. The molecular weight excluding hydrogens is 279 g/mol. The van der Waals surface area contributed by atoms with Crippen LogP contribution in [-0.4, -0.2) is 5.11 Å². The summed E-state index contributed by atoms with van der Waals surface area (Å²) in [5, 5.41) is 18.9. The Kier molecular flexibility index (Phi) is 3.89. The van der Waals surface area contributed by atoms with Gasteiger partial charge in [0, 0.05) is 6.42 Å². The molecule has 2 aromatic rings. The third kappa shape index (κ3) is 3.83. The summed E-state index contributed by atoms with van der Waals surface area (Å²) in [6.45, 7) is 0. The SMILES string of the molecule is [2H]C(O)(Cc1ccc(C#N)cc1)c1ccc(C(F)(F)F)cc1. The Morgan fingerprint density at radius 1 is 1.10 bits per heavy atom. The maximum absolute atomic E-state index is 12.5. The van der Waals surface area contributed by atoms with Crippen LogP contribution in [0.4, 0.5) is 13.2 Å². The lowest BCUT2D eigenvalue weighted by Crippen LogP contribution is -2.06. The molecule has 0 aliphatic carbocycles. The van der Waals surface area contributed by atoms with Gasteiger partial charge in [0.2, 0.25) is 0 Å². The molecule has 0 heterocycles. The molecule has 0 radical (unpaired) electrons. The van der Waals surface area contributed by atoms with Crippen LogP contribution in [0, 0.1) is 11.3 Å². The standard InChI is InChI=1S/C16H12F3NO/c17-16(18,19)14-7-5-13(6-8-14)15(21)9-11-1-3-12(10-20)4-2-11/h1-8,15,21H,9H2/i15D. The van der Waals surface area contributed by atoms with Crippen molar-refractivity contribution in [2.45, 2.75) is 18.7 Å². The van der Waals surface area contributed by atoms with Gasteiger partial charge in [-0.25, -0.2) is 0 Å². The van der Waals surface area contributed by atoms with Crippen molar-refractivity contribution >= 4 is 0 Å². The van der Waals surface area contributed by atoms with Crippen molar-refractivity contribution in [1.29, 1.82) is 5.26 Å². The highest BCUT2D eigenvalue weighted by atomic mass is 19.4. The monoisotopic (exact) mass is 292 g/mol. The highest BCUT2D eigenvalue weighted by molar-refractivity contribution is 5.33. The van der Waals surface area contributed by atoms with Crippen molar-refractivity contribution in [3.8, 4) is 6.07 Å². The van der Waals surface area contributed by atoms with E-state index in [1.165, 1.54) is 0 Å². The second kappa shape index (κ2) is 5.98. The van der Waals surface area contributed by atoms with Gasteiger partial charge in [-0.3, -0.25) is 0 Å². The van der Waals surface area contributed by atoms with Crippen LogP contribution in [0.2, 0.25) is 0 Å². The van der Waals surface area contributed by atoms with E-state index in [4.69, 9.17) is 6.63 Å². The fourth-order valence-corrected chi connectivity index (χ4v) is 1.84. The molecule has 21 heavy (non-hydrogen) atoms. The third-order valence-corrected chi connectivity index (χ3v) is 3.00. The molecule has 0 spiro atoms. The summed E-state index contributed by atoms with van der Waals surface area (Å²) in [7, 11) is 0. The average molecular weight is 292 g/mol. The number of hydrogen-bond acceptors (Lipinski definition) is 2. The number of benzene rings is 2. The minimum absolute atomic E-state index is 0.0739. The minimum Gasteiger partial charge on any atom is -0.388 e. The van der Waals surface area contributed by atoms with Crippen LogP contribution >= 0.6 is 0 Å². The summed E-state index contributed by atoms with van der Waals surface area (Å²) in [5.41, 5.74) is 0.304. The van der Waals surface area contributed by atoms with Gasteiger partial charge in [-0.15, -0.1) is 0 Å². The van der Waals surface area contributed by atoms with Gasteiger partial charge in [-0.2, -0.15) is 18.4 Å². The van der Waals surface area contributed by atoms with Crippen LogP contribution in [0.25, 0.3) is 0 Å². The fourth-order valence-electron chi connectivity index (χ4n) is 1.84. The quantitative estimate of drug-likeness (QED) is 0.933. The molecule has 108 valence electrons. The van der Waals surface area contributed by atoms with E-state index in [-0.39, 0.29) is 12.0 Å². The molecule has 2 rings (SSSR count). The van der Waals surface area contributed by atoms with Crippen molar-refractivity contribution in [2.75, 3.05) is 0 Å². The van der Waals surface area contributed by atoms with E-state index in [1.807, 2.05) is 6.07 Å². The first kappa shape index (κ1) is 13.7. The molecule has 5 heteroatoms. The molecule has 0 fully saturated rings. The van der Waals surface area contributed by atoms with Crippen LogP contribution in [-0.2, 0) is 12.6 Å². The molecule has 0 aliphatic rings. The largest absolute Gasteiger partial charge is 0.416 e. The van der Waals surface area contributed by atoms with Gasteiger partial charge >= 0.3 is 6.18 Å². The second-order valence-electron chi connectivity index (χ2n) is 4.51. The van der Waals surface area contributed by atoms with Gasteiger partial charge in [0.05, 0.1) is 24.6 Å². The fraction of sp³-hybridized carbons (Fsp3) is 0.188. The van der Waals surface area contributed by atoms with Gasteiger partial charge in [-0.05, 0) is 35.4 Å². The second-order valence-corrected chi connectivity index (χ2v) is 4.51. The van der Waals surface area contributed by atoms with Crippen molar-refractivity contribution in [3.63, 3.8) is 0 Å². The molecule has 0 bridgehead atoms. The zero-order valence-corrected chi connectivity index (χ0v) is 10.9. The van der Waals surface area contributed by atoms with Crippen molar-refractivity contribution in [2.24, 2.45) is 0 Å². The number of halogens is 3. The predicted octanol–water partition coefficient (Wildman–Crippen LogP) is 3.85. The first-order valence-corrected chi connectivity index (χ1v) is 6.11. The molecule has 0 saturated carbocycles. The topological polar surface area (TPSA) is 44.0 Å². The van der Waals surface area contributed by atoms with E-state index < -0.39 is 17.8 Å². The zero-order chi connectivity index (χ0) is 16.4. The molecule has 2 nitrogen and oxygen atoms in total. The van der Waals surface area contributed by atoms with E-state index in [0.29, 0.717) is 11.1 Å². The van der Waals surface area contributed by atoms with Crippen LogP contribution in [0.5, 0.6) is 0 Å². The van der Waals surface area contributed by atoms with Gasteiger partial charge in [-0.1, -0.05) is 24.3 Å². The first-order chi connectivity index (χ1) is 10.2. The number of hydrogen-bond donors (Lipinski definition) is 1. The Labute approximate surface area is 121 Å². The van der Waals surface area contributed by atoms with Gasteiger partial charge in [0.1, 0.15) is 0 Å². The molecule has 1 unspecified atom stereocenters. The van der Waals surface area contributed by atoms with Crippen LogP contribution in [0.15, 0.2) is 48.5 Å². The molecule has 0 aromatic heterocycles. The lowest BCUT2D eigenvalue weighted by molar-refractivity contribution is -0.137. The Morgan fingerprint density at radius 2 is 1.67 bits per heavy atom. The molecule has 0 saturated heterocycles. The summed E-state index contributed by atoms with van der Waals surface area (Å²) >= 11 is 0. The lowest BCUT2D eigenvalue weighted by atomic mass is 9.99. The highest BCUT2D eigenvalue weighted by Gasteiger charge is 2.30. The van der Waals surface area contributed by atoms with E-state index in [0.717, 1.165) is 24.3 Å². The van der Waals surface area contributed by atoms with Gasteiger partial charge in [0.25, 0.3) is 0 Å².